The lowest BCUT2D eigenvalue weighted by Crippen LogP contribution is -2.42. The standard InChI is InChI=1S/C22H23ClF3N3O2/c1-28(14-19(30)29-11-5-6-12-29)20(15-7-3-2-4-8-15)21(31)27-18-13-16(22(24,25)26)9-10-17(18)23/h2-4,7-10,13,20H,5-6,11-12,14H2,1H3,(H,27,31). The Kier molecular flexibility index (Phi) is 7.23. The monoisotopic (exact) mass is 453 g/mol. The summed E-state index contributed by atoms with van der Waals surface area (Å²) in [5.41, 5.74) is -0.442. The maximum absolute atomic E-state index is 13.2. The van der Waals surface area contributed by atoms with Gasteiger partial charge in [0.25, 0.3) is 0 Å². The highest BCUT2D eigenvalue weighted by Crippen LogP contribution is 2.34. The fraction of sp³-hybridized carbons (Fsp3) is 0.364. The number of hydrogen-bond donors (Lipinski definition) is 1. The van der Waals surface area contributed by atoms with Crippen molar-refractivity contribution in [2.75, 3.05) is 32.0 Å². The van der Waals surface area contributed by atoms with Gasteiger partial charge in [-0.2, -0.15) is 13.2 Å². The summed E-state index contributed by atoms with van der Waals surface area (Å²) in [5, 5.41) is 2.50. The van der Waals surface area contributed by atoms with E-state index in [-0.39, 0.29) is 23.2 Å². The second-order valence-corrected chi connectivity index (χ2v) is 7.91. The molecule has 31 heavy (non-hydrogen) atoms. The van der Waals surface area contributed by atoms with Gasteiger partial charge in [0.2, 0.25) is 11.8 Å². The number of likely N-dealkylation sites (tertiary alicyclic amines) is 1. The van der Waals surface area contributed by atoms with Crippen LogP contribution in [0, 0.1) is 0 Å². The molecule has 5 nitrogen and oxygen atoms in total. The third-order valence-corrected chi connectivity index (χ3v) is 5.53. The van der Waals surface area contributed by atoms with E-state index < -0.39 is 23.7 Å². The number of halogens is 4. The molecule has 1 atom stereocenters. The molecular weight excluding hydrogens is 431 g/mol. The first-order chi connectivity index (χ1) is 14.7. The molecule has 1 unspecified atom stereocenters. The number of amides is 2. The summed E-state index contributed by atoms with van der Waals surface area (Å²) in [6, 6.07) is 10.6. The molecule has 0 spiro atoms. The van der Waals surface area contributed by atoms with Crippen molar-refractivity contribution in [1.29, 1.82) is 0 Å². The third kappa shape index (κ3) is 5.77. The molecule has 0 radical (unpaired) electrons. The minimum Gasteiger partial charge on any atom is -0.342 e. The zero-order valence-electron chi connectivity index (χ0n) is 17.0. The molecule has 2 amide bonds. The molecule has 2 aromatic rings. The predicted molar refractivity (Wildman–Crippen MR) is 113 cm³/mol. The molecule has 0 bridgehead atoms. The normalized spacial score (nSPS) is 15.2. The maximum Gasteiger partial charge on any atom is 0.416 e. The van der Waals surface area contributed by atoms with E-state index in [1.165, 1.54) is 0 Å². The second kappa shape index (κ2) is 9.70. The van der Waals surface area contributed by atoms with Crippen LogP contribution in [0.25, 0.3) is 0 Å². The molecule has 1 heterocycles. The molecule has 0 aromatic heterocycles. The molecule has 1 N–H and O–H groups in total. The van der Waals surface area contributed by atoms with Gasteiger partial charge >= 0.3 is 6.18 Å². The average molecular weight is 454 g/mol. The minimum absolute atomic E-state index is 0.00328. The van der Waals surface area contributed by atoms with E-state index >= 15 is 0 Å². The van der Waals surface area contributed by atoms with Crippen LogP contribution in [0.3, 0.4) is 0 Å². The van der Waals surface area contributed by atoms with Gasteiger partial charge in [0.05, 0.1) is 22.8 Å². The van der Waals surface area contributed by atoms with E-state index in [2.05, 4.69) is 5.32 Å². The molecule has 1 aliphatic rings. The van der Waals surface area contributed by atoms with E-state index in [9.17, 15) is 22.8 Å². The lowest BCUT2D eigenvalue weighted by Gasteiger charge is -2.29. The quantitative estimate of drug-likeness (QED) is 0.696. The van der Waals surface area contributed by atoms with Crippen LogP contribution in [-0.2, 0) is 15.8 Å². The van der Waals surface area contributed by atoms with Crippen molar-refractivity contribution in [3.05, 3.63) is 64.7 Å². The van der Waals surface area contributed by atoms with Crippen LogP contribution >= 0.6 is 11.6 Å². The van der Waals surface area contributed by atoms with Crippen LogP contribution in [-0.4, -0.2) is 48.3 Å². The van der Waals surface area contributed by atoms with Crippen LogP contribution in [0.5, 0.6) is 0 Å². The summed E-state index contributed by atoms with van der Waals surface area (Å²) >= 11 is 6.03. The molecule has 2 aromatic carbocycles. The van der Waals surface area contributed by atoms with Crippen molar-refractivity contribution >= 4 is 29.1 Å². The Morgan fingerprint density at radius 2 is 1.77 bits per heavy atom. The van der Waals surface area contributed by atoms with Crippen molar-refractivity contribution in [3.63, 3.8) is 0 Å². The molecule has 0 aliphatic carbocycles. The summed E-state index contributed by atoms with van der Waals surface area (Å²) in [4.78, 5) is 29.1. The fourth-order valence-corrected chi connectivity index (χ4v) is 3.78. The third-order valence-electron chi connectivity index (χ3n) is 5.20. The highest BCUT2D eigenvalue weighted by Gasteiger charge is 2.32. The highest BCUT2D eigenvalue weighted by atomic mass is 35.5. The van der Waals surface area contributed by atoms with Gasteiger partial charge in [-0.3, -0.25) is 14.5 Å². The lowest BCUT2D eigenvalue weighted by molar-refractivity contribution is -0.137. The Bertz CT molecular complexity index is 931. The average Bonchev–Trinajstić information content (AvgIpc) is 3.25. The van der Waals surface area contributed by atoms with Crippen LogP contribution < -0.4 is 5.32 Å². The van der Waals surface area contributed by atoms with Gasteiger partial charge in [0, 0.05) is 13.1 Å². The van der Waals surface area contributed by atoms with Gasteiger partial charge in [0.15, 0.2) is 0 Å². The Labute approximate surface area is 183 Å². The summed E-state index contributed by atoms with van der Waals surface area (Å²) in [6.45, 7) is 1.38. The first-order valence-electron chi connectivity index (χ1n) is 9.87. The number of carbonyl (C=O) groups is 2. The van der Waals surface area contributed by atoms with Gasteiger partial charge in [-0.1, -0.05) is 41.9 Å². The van der Waals surface area contributed by atoms with Gasteiger partial charge in [-0.05, 0) is 43.7 Å². The minimum atomic E-state index is -4.57. The van der Waals surface area contributed by atoms with E-state index in [0.717, 1.165) is 31.0 Å². The fourth-order valence-electron chi connectivity index (χ4n) is 3.61. The zero-order valence-corrected chi connectivity index (χ0v) is 17.7. The first-order valence-corrected chi connectivity index (χ1v) is 10.2. The van der Waals surface area contributed by atoms with E-state index in [0.29, 0.717) is 18.7 Å². The smallest absolute Gasteiger partial charge is 0.342 e. The van der Waals surface area contributed by atoms with Crippen molar-refractivity contribution in [1.82, 2.24) is 9.80 Å². The highest BCUT2D eigenvalue weighted by molar-refractivity contribution is 6.33. The van der Waals surface area contributed by atoms with Crippen molar-refractivity contribution < 1.29 is 22.8 Å². The Morgan fingerprint density at radius 1 is 1.13 bits per heavy atom. The van der Waals surface area contributed by atoms with Gasteiger partial charge in [0.1, 0.15) is 6.04 Å². The SMILES string of the molecule is CN(CC(=O)N1CCCC1)C(C(=O)Nc1cc(C(F)(F)F)ccc1Cl)c1ccccc1. The molecular formula is C22H23ClF3N3O2. The van der Waals surface area contributed by atoms with Crippen LogP contribution in [0.4, 0.5) is 18.9 Å². The van der Waals surface area contributed by atoms with Crippen molar-refractivity contribution in [2.45, 2.75) is 25.1 Å². The number of benzene rings is 2. The summed E-state index contributed by atoms with van der Waals surface area (Å²) in [7, 11) is 1.64. The molecule has 1 fully saturated rings. The predicted octanol–water partition coefficient (Wildman–Crippen LogP) is 4.59. The van der Waals surface area contributed by atoms with Gasteiger partial charge in [-0.15, -0.1) is 0 Å². The molecule has 3 rings (SSSR count). The number of alkyl halides is 3. The van der Waals surface area contributed by atoms with E-state index in [1.807, 2.05) is 0 Å². The topological polar surface area (TPSA) is 52.7 Å². The number of anilines is 1. The zero-order chi connectivity index (χ0) is 22.6. The van der Waals surface area contributed by atoms with Crippen molar-refractivity contribution in [2.24, 2.45) is 0 Å². The Balaban J connectivity index is 1.84. The largest absolute Gasteiger partial charge is 0.416 e. The number of hydrogen-bond acceptors (Lipinski definition) is 3. The Morgan fingerprint density at radius 3 is 2.39 bits per heavy atom. The summed E-state index contributed by atoms with van der Waals surface area (Å²) in [5.74, 6) is -0.671. The summed E-state index contributed by atoms with van der Waals surface area (Å²) in [6.07, 6.45) is -2.67. The molecule has 1 saturated heterocycles. The van der Waals surface area contributed by atoms with Crippen molar-refractivity contribution in [3.8, 4) is 0 Å². The number of rotatable bonds is 6. The Hall–Kier alpha value is -2.58. The molecule has 1 aliphatic heterocycles. The van der Waals surface area contributed by atoms with E-state index in [4.69, 9.17) is 11.6 Å². The van der Waals surface area contributed by atoms with Crippen LogP contribution in [0.15, 0.2) is 48.5 Å². The first kappa shape index (κ1) is 23.1. The maximum atomic E-state index is 13.2. The van der Waals surface area contributed by atoms with Crippen LogP contribution in [0.2, 0.25) is 5.02 Å². The van der Waals surface area contributed by atoms with E-state index in [1.54, 1.807) is 47.2 Å². The molecule has 9 heteroatoms. The second-order valence-electron chi connectivity index (χ2n) is 7.50. The lowest BCUT2D eigenvalue weighted by atomic mass is 10.0. The number of nitrogens with zero attached hydrogens (tertiary/aromatic N) is 2. The van der Waals surface area contributed by atoms with Gasteiger partial charge < -0.3 is 10.2 Å². The molecule has 166 valence electrons. The number of likely N-dealkylation sites (N-methyl/N-ethyl adjacent to an activating group) is 1. The number of carbonyl (C=O) groups excluding carboxylic acids is 2. The van der Waals surface area contributed by atoms with Crippen LogP contribution in [0.1, 0.15) is 30.0 Å². The number of nitrogens with one attached hydrogen (secondary N) is 1. The molecule has 0 saturated carbocycles. The summed E-state index contributed by atoms with van der Waals surface area (Å²) < 4.78 is 39.2. The van der Waals surface area contributed by atoms with Gasteiger partial charge in [-0.25, -0.2) is 0 Å².